The van der Waals surface area contributed by atoms with Crippen LogP contribution in [-0.4, -0.2) is 28.3 Å². The summed E-state index contributed by atoms with van der Waals surface area (Å²) in [5.74, 6) is 1.87. The number of fused-ring (bicyclic) bond motifs is 5. The van der Waals surface area contributed by atoms with Crippen LogP contribution in [0, 0.1) is 12.3 Å². The van der Waals surface area contributed by atoms with E-state index in [1.807, 2.05) is 42.5 Å². The number of amides is 1. The standard InChI is InChI=1S/C25H19N3O4/c1-3-13-28-15(2)19(22(29)31-14-16-9-5-4-6-10-16)25(23(28)30)18-12-8-7-11-17(18)20-21(25)27-24(26)32-20/h1,4-12H,13-14H2,2H3,(H2,26,27). The summed E-state index contributed by atoms with van der Waals surface area (Å²) in [5, 5.41) is 0. The lowest BCUT2D eigenvalue weighted by Gasteiger charge is -2.26. The predicted molar refractivity (Wildman–Crippen MR) is 117 cm³/mol. The van der Waals surface area contributed by atoms with Crippen LogP contribution < -0.4 is 5.73 Å². The summed E-state index contributed by atoms with van der Waals surface area (Å²) in [6, 6.07) is 16.5. The quantitative estimate of drug-likeness (QED) is 0.510. The zero-order valence-corrected chi connectivity index (χ0v) is 17.3. The number of nitrogens with two attached hydrogens (primary N) is 1. The number of hydrogen-bond acceptors (Lipinski definition) is 6. The fraction of sp³-hybridized carbons (Fsp3) is 0.160. The maximum Gasteiger partial charge on any atom is 0.337 e. The van der Waals surface area contributed by atoms with Crippen LogP contribution in [0.25, 0.3) is 11.3 Å². The monoisotopic (exact) mass is 425 g/mol. The molecule has 0 fully saturated rings. The van der Waals surface area contributed by atoms with Gasteiger partial charge in [0, 0.05) is 11.3 Å². The van der Waals surface area contributed by atoms with Gasteiger partial charge in [0.05, 0.1) is 12.1 Å². The van der Waals surface area contributed by atoms with Crippen molar-refractivity contribution < 1.29 is 18.7 Å². The maximum atomic E-state index is 13.9. The van der Waals surface area contributed by atoms with Crippen molar-refractivity contribution in [1.82, 2.24) is 9.88 Å². The van der Waals surface area contributed by atoms with Gasteiger partial charge in [-0.05, 0) is 18.1 Å². The number of aromatic nitrogens is 1. The van der Waals surface area contributed by atoms with Crippen molar-refractivity contribution in [3.8, 4) is 23.7 Å². The van der Waals surface area contributed by atoms with E-state index in [2.05, 4.69) is 10.9 Å². The Labute approximate surface area is 184 Å². The molecule has 0 saturated heterocycles. The molecular weight excluding hydrogens is 406 g/mol. The van der Waals surface area contributed by atoms with E-state index in [9.17, 15) is 9.59 Å². The van der Waals surface area contributed by atoms with E-state index < -0.39 is 11.4 Å². The van der Waals surface area contributed by atoms with E-state index in [-0.39, 0.29) is 36.3 Å². The van der Waals surface area contributed by atoms with Gasteiger partial charge in [-0.25, -0.2) is 4.79 Å². The molecule has 7 nitrogen and oxygen atoms in total. The molecule has 2 aromatic carbocycles. The topological polar surface area (TPSA) is 98.7 Å². The van der Waals surface area contributed by atoms with E-state index in [1.165, 1.54) is 4.90 Å². The molecule has 5 rings (SSSR count). The van der Waals surface area contributed by atoms with Gasteiger partial charge >= 0.3 is 5.97 Å². The molecular formula is C25H19N3O4. The molecule has 2 N–H and O–H groups in total. The molecule has 2 aliphatic rings. The van der Waals surface area contributed by atoms with E-state index in [0.29, 0.717) is 22.6 Å². The Morgan fingerprint density at radius 2 is 1.94 bits per heavy atom. The third-order valence-electron chi connectivity index (χ3n) is 5.95. The van der Waals surface area contributed by atoms with Crippen LogP contribution in [0.1, 0.15) is 23.7 Å². The second-order valence-electron chi connectivity index (χ2n) is 7.64. The van der Waals surface area contributed by atoms with E-state index >= 15 is 0 Å². The molecule has 1 unspecified atom stereocenters. The summed E-state index contributed by atoms with van der Waals surface area (Å²) in [4.78, 5) is 33.2. The van der Waals surface area contributed by atoms with E-state index in [0.717, 1.165) is 5.56 Å². The van der Waals surface area contributed by atoms with Crippen molar-refractivity contribution in [2.75, 3.05) is 12.3 Å². The first kappa shape index (κ1) is 19.6. The fourth-order valence-electron chi connectivity index (χ4n) is 4.62. The van der Waals surface area contributed by atoms with Gasteiger partial charge in [0.25, 0.3) is 6.01 Å². The molecule has 1 spiro atoms. The molecule has 1 atom stereocenters. The van der Waals surface area contributed by atoms with Gasteiger partial charge < -0.3 is 19.8 Å². The second kappa shape index (κ2) is 7.13. The molecule has 0 saturated carbocycles. The smallest absolute Gasteiger partial charge is 0.337 e. The Kier molecular flexibility index (Phi) is 4.38. The molecule has 1 aromatic heterocycles. The Morgan fingerprint density at radius 3 is 2.69 bits per heavy atom. The lowest BCUT2D eigenvalue weighted by Crippen LogP contribution is -2.42. The van der Waals surface area contributed by atoms with Gasteiger partial charge in [-0.1, -0.05) is 60.5 Å². The van der Waals surface area contributed by atoms with Gasteiger partial charge in [-0.3, -0.25) is 4.79 Å². The molecule has 32 heavy (non-hydrogen) atoms. The van der Waals surface area contributed by atoms with Gasteiger partial charge in [-0.15, -0.1) is 6.42 Å². The first-order chi connectivity index (χ1) is 15.5. The van der Waals surface area contributed by atoms with Crippen molar-refractivity contribution in [3.63, 3.8) is 0 Å². The van der Waals surface area contributed by atoms with Crippen LogP contribution in [-0.2, 0) is 26.3 Å². The summed E-state index contributed by atoms with van der Waals surface area (Å²) in [5.41, 5.74) is 7.30. The number of hydrogen-bond donors (Lipinski definition) is 1. The third-order valence-corrected chi connectivity index (χ3v) is 5.95. The first-order valence-corrected chi connectivity index (χ1v) is 10.0. The minimum atomic E-state index is -1.53. The Morgan fingerprint density at radius 1 is 1.22 bits per heavy atom. The minimum Gasteiger partial charge on any atom is -0.457 e. The van der Waals surface area contributed by atoms with Crippen LogP contribution >= 0.6 is 0 Å². The number of nitrogens with zero attached hydrogens (tertiary/aromatic N) is 2. The summed E-state index contributed by atoms with van der Waals surface area (Å²) in [6.45, 7) is 1.76. The van der Waals surface area contributed by atoms with Gasteiger partial charge in [0.1, 0.15) is 12.3 Å². The van der Waals surface area contributed by atoms with Crippen molar-refractivity contribution in [1.29, 1.82) is 0 Å². The number of allylic oxidation sites excluding steroid dienone is 1. The summed E-state index contributed by atoms with van der Waals surface area (Å²) in [6.07, 6.45) is 5.53. The zero-order chi connectivity index (χ0) is 22.5. The average molecular weight is 425 g/mol. The maximum absolute atomic E-state index is 13.9. The fourth-order valence-corrected chi connectivity index (χ4v) is 4.62. The average Bonchev–Trinajstić information content (AvgIpc) is 3.38. The number of carbonyl (C=O) groups excluding carboxylic acids is 2. The van der Waals surface area contributed by atoms with Crippen LogP contribution in [0.3, 0.4) is 0 Å². The van der Waals surface area contributed by atoms with Crippen molar-refractivity contribution >= 4 is 17.9 Å². The molecule has 0 radical (unpaired) electrons. The summed E-state index contributed by atoms with van der Waals surface area (Å²) in [7, 11) is 0. The predicted octanol–water partition coefficient (Wildman–Crippen LogP) is 3.02. The molecule has 3 aromatic rings. The number of nitrogen functional groups attached to an aromatic ring is 1. The lowest BCUT2D eigenvalue weighted by atomic mass is 9.74. The van der Waals surface area contributed by atoms with Crippen molar-refractivity contribution in [2.24, 2.45) is 0 Å². The number of rotatable bonds is 4. The van der Waals surface area contributed by atoms with Gasteiger partial charge in [-0.2, -0.15) is 4.98 Å². The first-order valence-electron chi connectivity index (χ1n) is 10.0. The number of benzene rings is 2. The van der Waals surface area contributed by atoms with Crippen molar-refractivity contribution in [2.45, 2.75) is 18.9 Å². The molecule has 1 aliphatic heterocycles. The molecule has 1 aliphatic carbocycles. The molecule has 158 valence electrons. The number of ether oxygens (including phenoxy) is 1. The highest BCUT2D eigenvalue weighted by Gasteiger charge is 2.63. The van der Waals surface area contributed by atoms with Crippen molar-refractivity contribution in [3.05, 3.63) is 82.7 Å². The van der Waals surface area contributed by atoms with E-state index in [4.69, 9.17) is 21.3 Å². The number of terminal acetylenes is 1. The number of esters is 1. The number of oxazole rings is 1. The number of anilines is 1. The molecule has 7 heteroatoms. The second-order valence-corrected chi connectivity index (χ2v) is 7.64. The molecule has 2 heterocycles. The third kappa shape index (κ3) is 2.53. The van der Waals surface area contributed by atoms with Crippen LogP contribution in [0.15, 0.2) is 70.3 Å². The van der Waals surface area contributed by atoms with Gasteiger partial charge in [0.15, 0.2) is 11.2 Å². The van der Waals surface area contributed by atoms with Gasteiger partial charge in [0.2, 0.25) is 5.91 Å². The summed E-state index contributed by atoms with van der Waals surface area (Å²) >= 11 is 0. The highest BCUT2D eigenvalue weighted by atomic mass is 16.5. The highest BCUT2D eigenvalue weighted by Crippen LogP contribution is 2.57. The Hall–Kier alpha value is -4.31. The molecule has 1 amide bonds. The summed E-state index contributed by atoms with van der Waals surface area (Å²) < 4.78 is 11.3. The van der Waals surface area contributed by atoms with E-state index in [1.54, 1.807) is 19.1 Å². The lowest BCUT2D eigenvalue weighted by molar-refractivity contribution is -0.142. The van der Waals surface area contributed by atoms with Crippen LogP contribution in [0.5, 0.6) is 0 Å². The Balaban J connectivity index is 1.69. The number of carbonyl (C=O) groups is 2. The highest BCUT2D eigenvalue weighted by molar-refractivity contribution is 6.14. The van der Waals surface area contributed by atoms with Crippen LogP contribution in [0.2, 0.25) is 0 Å². The zero-order valence-electron chi connectivity index (χ0n) is 17.3. The van der Waals surface area contributed by atoms with Crippen LogP contribution in [0.4, 0.5) is 6.01 Å². The SMILES string of the molecule is C#CCN1C(=O)C2(C(C(=O)OCc3ccccc3)=C1C)c1ccccc1-c1oc(N)nc12. The normalized spacial score (nSPS) is 18.6. The Bertz CT molecular complexity index is 1330. The minimum absolute atomic E-state index is 0.00666. The largest absolute Gasteiger partial charge is 0.457 e. The molecule has 0 bridgehead atoms.